The monoisotopic (exact) mass is 252 g/mol. The van der Waals surface area contributed by atoms with E-state index in [-0.39, 0.29) is 5.91 Å². The summed E-state index contributed by atoms with van der Waals surface area (Å²) in [4.78, 5) is 17.3. The molecule has 1 aromatic heterocycles. The summed E-state index contributed by atoms with van der Waals surface area (Å²) in [6.07, 6.45) is 1.78. The minimum Gasteiger partial charge on any atom is -0.443 e. The normalized spacial score (nSPS) is 10.7. The fraction of sp³-hybridized carbons (Fsp3) is 0.333. The maximum Gasteiger partial charge on any atom is 0.223 e. The summed E-state index contributed by atoms with van der Waals surface area (Å²) in [6, 6.07) is 5.72. The fourth-order valence-corrected chi connectivity index (χ4v) is 1.79. The van der Waals surface area contributed by atoms with Crippen molar-refractivity contribution in [2.45, 2.75) is 13.0 Å². The molecule has 0 aliphatic heterocycles. The zero-order valence-corrected chi connectivity index (χ0v) is 10.3. The minimum absolute atomic E-state index is 0.0395. The number of halogens is 1. The van der Waals surface area contributed by atoms with E-state index < -0.39 is 0 Å². The van der Waals surface area contributed by atoms with E-state index in [9.17, 15) is 4.79 Å². The number of aromatic nitrogens is 1. The molecule has 17 heavy (non-hydrogen) atoms. The summed E-state index contributed by atoms with van der Waals surface area (Å²) in [5, 5.41) is 0. The van der Waals surface area contributed by atoms with Gasteiger partial charge in [0.15, 0.2) is 12.0 Å². The van der Waals surface area contributed by atoms with Crippen LogP contribution in [0.15, 0.2) is 29.0 Å². The van der Waals surface area contributed by atoms with Crippen molar-refractivity contribution in [3.05, 3.63) is 30.2 Å². The van der Waals surface area contributed by atoms with E-state index in [1.165, 1.54) is 6.39 Å². The zero-order chi connectivity index (χ0) is 12.3. The first-order valence-corrected chi connectivity index (χ1v) is 5.86. The van der Waals surface area contributed by atoms with Gasteiger partial charge in [-0.2, -0.15) is 0 Å². The predicted molar refractivity (Wildman–Crippen MR) is 65.8 cm³/mol. The van der Waals surface area contributed by atoms with Crippen LogP contribution < -0.4 is 0 Å². The van der Waals surface area contributed by atoms with Crippen molar-refractivity contribution in [1.82, 2.24) is 9.88 Å². The first kappa shape index (κ1) is 11.9. The molecule has 1 amide bonds. The van der Waals surface area contributed by atoms with Crippen LogP contribution in [0.25, 0.3) is 11.1 Å². The first-order valence-electron chi connectivity index (χ1n) is 5.33. The van der Waals surface area contributed by atoms with Gasteiger partial charge in [-0.15, -0.1) is 11.6 Å². The summed E-state index contributed by atoms with van der Waals surface area (Å²) < 4.78 is 5.21. The Labute approximate surface area is 104 Å². The third-order valence-corrected chi connectivity index (χ3v) is 2.74. The molecule has 5 heteroatoms. The van der Waals surface area contributed by atoms with E-state index in [0.29, 0.717) is 18.8 Å². The Kier molecular flexibility index (Phi) is 3.64. The van der Waals surface area contributed by atoms with E-state index in [0.717, 1.165) is 16.7 Å². The molecule has 0 bridgehead atoms. The molecule has 0 radical (unpaired) electrons. The summed E-state index contributed by atoms with van der Waals surface area (Å²) in [5.74, 6) is 0.391. The van der Waals surface area contributed by atoms with Crippen molar-refractivity contribution in [2.75, 3.05) is 12.9 Å². The number of oxazole rings is 1. The molecule has 4 nitrogen and oxygen atoms in total. The SMILES string of the molecule is CN(Cc1ccc2ncoc2c1)C(=O)CCCl. The van der Waals surface area contributed by atoms with Gasteiger partial charge in [-0.05, 0) is 17.7 Å². The Morgan fingerprint density at radius 2 is 2.35 bits per heavy atom. The van der Waals surface area contributed by atoms with Crippen LogP contribution in [0.3, 0.4) is 0 Å². The second kappa shape index (κ2) is 5.19. The van der Waals surface area contributed by atoms with E-state index >= 15 is 0 Å². The topological polar surface area (TPSA) is 46.3 Å². The first-order chi connectivity index (χ1) is 8.20. The molecule has 0 spiro atoms. The molecule has 1 aromatic carbocycles. The third-order valence-electron chi connectivity index (χ3n) is 2.55. The molecule has 0 aliphatic carbocycles. The maximum atomic E-state index is 11.6. The molecule has 0 aliphatic rings. The van der Waals surface area contributed by atoms with Crippen LogP contribution >= 0.6 is 11.6 Å². The predicted octanol–water partition coefficient (Wildman–Crippen LogP) is 2.42. The second-order valence-electron chi connectivity index (χ2n) is 3.84. The van der Waals surface area contributed by atoms with Crippen LogP contribution in [0.5, 0.6) is 0 Å². The Bertz CT molecular complexity index is 524. The van der Waals surface area contributed by atoms with Crippen LogP contribution in [0.1, 0.15) is 12.0 Å². The average molecular weight is 253 g/mol. The number of benzene rings is 1. The molecule has 0 unspecified atom stereocenters. The number of nitrogens with zero attached hydrogens (tertiary/aromatic N) is 2. The molecular formula is C12H13ClN2O2. The largest absolute Gasteiger partial charge is 0.443 e. The van der Waals surface area contributed by atoms with Crippen LogP contribution in [-0.4, -0.2) is 28.7 Å². The van der Waals surface area contributed by atoms with Gasteiger partial charge in [-0.1, -0.05) is 6.07 Å². The van der Waals surface area contributed by atoms with Crippen LogP contribution in [0.4, 0.5) is 0 Å². The van der Waals surface area contributed by atoms with Gasteiger partial charge in [-0.25, -0.2) is 4.98 Å². The molecule has 90 valence electrons. The molecule has 1 heterocycles. The maximum absolute atomic E-state index is 11.6. The Morgan fingerprint density at radius 3 is 3.12 bits per heavy atom. The summed E-state index contributed by atoms with van der Waals surface area (Å²) in [7, 11) is 1.76. The lowest BCUT2D eigenvalue weighted by Gasteiger charge is -2.16. The lowest BCUT2D eigenvalue weighted by atomic mass is 10.2. The smallest absolute Gasteiger partial charge is 0.223 e. The van der Waals surface area contributed by atoms with Gasteiger partial charge >= 0.3 is 0 Å². The number of hydrogen-bond donors (Lipinski definition) is 0. The number of amides is 1. The molecule has 0 fully saturated rings. The van der Waals surface area contributed by atoms with Crippen molar-refractivity contribution < 1.29 is 9.21 Å². The molecule has 0 atom stereocenters. The zero-order valence-electron chi connectivity index (χ0n) is 9.52. The number of hydrogen-bond acceptors (Lipinski definition) is 3. The molecule has 0 saturated heterocycles. The van der Waals surface area contributed by atoms with Crippen molar-refractivity contribution in [3.63, 3.8) is 0 Å². The quantitative estimate of drug-likeness (QED) is 0.785. The van der Waals surface area contributed by atoms with Gasteiger partial charge in [0, 0.05) is 25.9 Å². The summed E-state index contributed by atoms with van der Waals surface area (Å²) in [6.45, 7) is 0.548. The molecular weight excluding hydrogens is 240 g/mol. The van der Waals surface area contributed by atoms with Crippen LogP contribution in [0, 0.1) is 0 Å². The number of alkyl halides is 1. The van der Waals surface area contributed by atoms with E-state index in [4.69, 9.17) is 16.0 Å². The van der Waals surface area contributed by atoms with Gasteiger partial charge < -0.3 is 9.32 Å². The Morgan fingerprint density at radius 1 is 1.53 bits per heavy atom. The number of rotatable bonds is 4. The summed E-state index contributed by atoms with van der Waals surface area (Å²) >= 11 is 5.54. The highest BCUT2D eigenvalue weighted by atomic mass is 35.5. The highest BCUT2D eigenvalue weighted by molar-refractivity contribution is 6.18. The highest BCUT2D eigenvalue weighted by Gasteiger charge is 2.09. The van der Waals surface area contributed by atoms with E-state index in [2.05, 4.69) is 4.98 Å². The number of carbonyl (C=O) groups excluding carboxylic acids is 1. The number of carbonyl (C=O) groups is 1. The average Bonchev–Trinajstić information content (AvgIpc) is 2.76. The molecule has 0 saturated carbocycles. The minimum atomic E-state index is 0.0395. The van der Waals surface area contributed by atoms with Crippen molar-refractivity contribution in [1.29, 1.82) is 0 Å². The molecule has 0 N–H and O–H groups in total. The number of fused-ring (bicyclic) bond motifs is 1. The second-order valence-corrected chi connectivity index (χ2v) is 4.22. The van der Waals surface area contributed by atoms with Gasteiger partial charge in [0.25, 0.3) is 0 Å². The fourth-order valence-electron chi connectivity index (χ4n) is 1.63. The molecule has 2 aromatic rings. The standard InChI is InChI=1S/C12H13ClN2O2/c1-15(12(16)4-5-13)7-9-2-3-10-11(6-9)17-8-14-10/h2-3,6,8H,4-5,7H2,1H3. The van der Waals surface area contributed by atoms with Crippen molar-refractivity contribution in [2.24, 2.45) is 0 Å². The Balaban J connectivity index is 2.09. The molecule has 2 rings (SSSR count). The van der Waals surface area contributed by atoms with E-state index in [1.807, 2.05) is 18.2 Å². The lowest BCUT2D eigenvalue weighted by molar-refractivity contribution is -0.129. The third kappa shape index (κ3) is 2.77. The van der Waals surface area contributed by atoms with Gasteiger partial charge in [0.05, 0.1) is 0 Å². The van der Waals surface area contributed by atoms with Crippen molar-refractivity contribution in [3.8, 4) is 0 Å². The van der Waals surface area contributed by atoms with Crippen molar-refractivity contribution >= 4 is 28.6 Å². The van der Waals surface area contributed by atoms with Gasteiger partial charge in [0.2, 0.25) is 5.91 Å². The lowest BCUT2D eigenvalue weighted by Crippen LogP contribution is -2.26. The van der Waals surface area contributed by atoms with Gasteiger partial charge in [-0.3, -0.25) is 4.79 Å². The van der Waals surface area contributed by atoms with Gasteiger partial charge in [0.1, 0.15) is 5.52 Å². The van der Waals surface area contributed by atoms with Crippen LogP contribution in [-0.2, 0) is 11.3 Å². The summed E-state index contributed by atoms with van der Waals surface area (Å²) in [5.41, 5.74) is 2.57. The van der Waals surface area contributed by atoms with Crippen LogP contribution in [0.2, 0.25) is 0 Å². The van der Waals surface area contributed by atoms with E-state index in [1.54, 1.807) is 11.9 Å². The Hall–Kier alpha value is -1.55. The highest BCUT2D eigenvalue weighted by Crippen LogP contribution is 2.15.